The van der Waals surface area contributed by atoms with Gasteiger partial charge in [-0.3, -0.25) is 0 Å². The summed E-state index contributed by atoms with van der Waals surface area (Å²) in [7, 11) is 1.27. The molecule has 0 aliphatic rings. The van der Waals surface area contributed by atoms with Crippen molar-refractivity contribution in [2.45, 2.75) is 20.0 Å². The number of halogens is 3. The minimum absolute atomic E-state index is 0.0433. The van der Waals surface area contributed by atoms with Gasteiger partial charge in [-0.05, 0) is 26.0 Å². The zero-order valence-electron chi connectivity index (χ0n) is 13.1. The zero-order valence-corrected chi connectivity index (χ0v) is 14.6. The lowest BCUT2D eigenvalue weighted by Crippen LogP contribution is -2.15. The van der Waals surface area contributed by atoms with E-state index in [0.717, 1.165) is 0 Å². The maximum atomic E-state index is 14.5. The van der Waals surface area contributed by atoms with E-state index in [2.05, 4.69) is 9.97 Å². The molecule has 0 spiro atoms. The molecule has 0 saturated carbocycles. The molecule has 24 heavy (non-hydrogen) atoms. The second-order valence-corrected chi connectivity index (χ2v) is 5.78. The molecule has 0 unspecified atom stereocenters. The monoisotopic (exact) mass is 373 g/mol. The van der Waals surface area contributed by atoms with Crippen LogP contribution in [-0.4, -0.2) is 29.2 Å². The van der Waals surface area contributed by atoms with Crippen LogP contribution in [0.2, 0.25) is 10.0 Å². The summed E-state index contributed by atoms with van der Waals surface area (Å²) < 4.78 is 24.5. The molecule has 2 rings (SSSR count). The number of anilines is 1. The Balaban J connectivity index is 2.61. The Labute approximate surface area is 147 Å². The number of nitrogen functional groups attached to an aromatic ring is 1. The largest absolute Gasteiger partial charge is 0.492 e. The number of carbonyl (C=O) groups is 1. The van der Waals surface area contributed by atoms with Crippen LogP contribution in [0, 0.1) is 5.82 Å². The van der Waals surface area contributed by atoms with E-state index in [4.69, 9.17) is 38.4 Å². The Kier molecular flexibility index (Phi) is 5.46. The number of hydrogen-bond acceptors (Lipinski definition) is 6. The van der Waals surface area contributed by atoms with Crippen LogP contribution in [0.15, 0.2) is 12.1 Å². The van der Waals surface area contributed by atoms with Gasteiger partial charge in [0, 0.05) is 0 Å². The predicted octanol–water partition coefficient (Wildman–Crippen LogP) is 3.75. The number of aromatic nitrogens is 2. The van der Waals surface area contributed by atoms with Crippen molar-refractivity contribution in [3.8, 4) is 17.1 Å². The van der Waals surface area contributed by atoms with Crippen LogP contribution in [-0.2, 0) is 4.74 Å². The summed E-state index contributed by atoms with van der Waals surface area (Å²) in [6.07, 6.45) is -0.388. The van der Waals surface area contributed by atoms with Crippen molar-refractivity contribution in [1.82, 2.24) is 9.97 Å². The number of esters is 1. The molecule has 1 heterocycles. The van der Waals surface area contributed by atoms with Gasteiger partial charge in [-0.15, -0.1) is 0 Å². The topological polar surface area (TPSA) is 87.3 Å². The van der Waals surface area contributed by atoms with Crippen LogP contribution >= 0.6 is 23.2 Å². The van der Waals surface area contributed by atoms with Crippen LogP contribution < -0.4 is 10.5 Å². The summed E-state index contributed by atoms with van der Waals surface area (Å²) >= 11 is 11.8. The molecule has 1 aromatic heterocycles. The first kappa shape index (κ1) is 18.2. The van der Waals surface area contributed by atoms with Gasteiger partial charge in [0.2, 0.25) is 0 Å². The third-order valence-corrected chi connectivity index (χ3v) is 3.58. The SMILES string of the molecule is COc1c(Cl)ccc(-c2nc(N)c(Cl)c(C(=O)OC(C)C)n2)c1F. The van der Waals surface area contributed by atoms with Crippen molar-refractivity contribution < 1.29 is 18.7 Å². The average Bonchev–Trinajstić information content (AvgIpc) is 2.49. The van der Waals surface area contributed by atoms with E-state index in [1.807, 2.05) is 0 Å². The minimum atomic E-state index is -0.785. The predicted molar refractivity (Wildman–Crippen MR) is 89.0 cm³/mol. The molecule has 0 fully saturated rings. The molecule has 2 aromatic rings. The van der Waals surface area contributed by atoms with E-state index in [0.29, 0.717) is 0 Å². The molecule has 2 N–H and O–H groups in total. The van der Waals surface area contributed by atoms with Crippen LogP contribution in [0.5, 0.6) is 5.75 Å². The first-order chi connectivity index (χ1) is 11.3. The molecular formula is C15H14Cl2FN3O3. The Morgan fingerprint density at radius 1 is 1.29 bits per heavy atom. The maximum Gasteiger partial charge on any atom is 0.358 e. The van der Waals surface area contributed by atoms with Crippen LogP contribution in [0.4, 0.5) is 10.2 Å². The summed E-state index contributed by atoms with van der Waals surface area (Å²) in [6, 6.07) is 2.76. The molecule has 128 valence electrons. The van der Waals surface area contributed by atoms with Gasteiger partial charge in [-0.2, -0.15) is 0 Å². The van der Waals surface area contributed by atoms with E-state index in [-0.39, 0.29) is 44.8 Å². The molecule has 0 radical (unpaired) electrons. The molecule has 1 aromatic carbocycles. The Morgan fingerprint density at radius 2 is 1.96 bits per heavy atom. The van der Waals surface area contributed by atoms with Crippen molar-refractivity contribution in [3.05, 3.63) is 33.7 Å². The number of nitrogens with zero attached hydrogens (tertiary/aromatic N) is 2. The van der Waals surface area contributed by atoms with Gasteiger partial charge in [0.1, 0.15) is 10.8 Å². The number of carbonyl (C=O) groups excluding carboxylic acids is 1. The zero-order chi connectivity index (χ0) is 18.0. The smallest absolute Gasteiger partial charge is 0.358 e. The number of hydrogen-bond donors (Lipinski definition) is 1. The number of benzene rings is 1. The van der Waals surface area contributed by atoms with Crippen molar-refractivity contribution >= 4 is 35.0 Å². The van der Waals surface area contributed by atoms with Gasteiger partial charge >= 0.3 is 5.97 Å². The molecule has 0 bridgehead atoms. The van der Waals surface area contributed by atoms with E-state index < -0.39 is 11.8 Å². The lowest BCUT2D eigenvalue weighted by molar-refractivity contribution is 0.0371. The molecule has 0 amide bonds. The summed E-state index contributed by atoms with van der Waals surface area (Å²) in [5.74, 6) is -2.05. The van der Waals surface area contributed by atoms with E-state index >= 15 is 0 Å². The highest BCUT2D eigenvalue weighted by Gasteiger charge is 2.23. The van der Waals surface area contributed by atoms with Crippen molar-refractivity contribution in [1.29, 1.82) is 0 Å². The summed E-state index contributed by atoms with van der Waals surface area (Å²) in [6.45, 7) is 3.34. The molecule has 0 aliphatic heterocycles. The maximum absolute atomic E-state index is 14.5. The first-order valence-corrected chi connectivity index (χ1v) is 7.58. The van der Waals surface area contributed by atoms with Gasteiger partial charge in [0.25, 0.3) is 0 Å². The summed E-state index contributed by atoms with van der Waals surface area (Å²) in [5, 5.41) is -0.0779. The lowest BCUT2D eigenvalue weighted by atomic mass is 10.1. The molecule has 0 atom stereocenters. The number of ether oxygens (including phenoxy) is 2. The third-order valence-electron chi connectivity index (χ3n) is 2.91. The molecule has 0 aliphatic carbocycles. The quantitative estimate of drug-likeness (QED) is 0.821. The number of nitrogens with two attached hydrogens (primary N) is 1. The van der Waals surface area contributed by atoms with Crippen LogP contribution in [0.1, 0.15) is 24.3 Å². The molecule has 6 nitrogen and oxygen atoms in total. The fraction of sp³-hybridized carbons (Fsp3) is 0.267. The van der Waals surface area contributed by atoms with E-state index in [9.17, 15) is 9.18 Å². The number of rotatable bonds is 4. The van der Waals surface area contributed by atoms with Gasteiger partial charge in [0.15, 0.2) is 23.1 Å². The number of methoxy groups -OCH3 is 1. The minimum Gasteiger partial charge on any atom is -0.492 e. The van der Waals surface area contributed by atoms with Gasteiger partial charge < -0.3 is 15.2 Å². The first-order valence-electron chi connectivity index (χ1n) is 6.82. The van der Waals surface area contributed by atoms with Gasteiger partial charge in [-0.25, -0.2) is 19.2 Å². The third kappa shape index (κ3) is 3.52. The molecular weight excluding hydrogens is 360 g/mol. The molecule has 9 heteroatoms. The van der Waals surface area contributed by atoms with Crippen molar-refractivity contribution in [2.24, 2.45) is 0 Å². The summed E-state index contributed by atoms with van der Waals surface area (Å²) in [4.78, 5) is 20.0. The van der Waals surface area contributed by atoms with Gasteiger partial charge in [-0.1, -0.05) is 23.2 Å². The molecule has 0 saturated heterocycles. The van der Waals surface area contributed by atoms with E-state index in [1.54, 1.807) is 13.8 Å². The normalized spacial score (nSPS) is 10.8. The van der Waals surface area contributed by atoms with Gasteiger partial charge in [0.05, 0.1) is 23.8 Å². The Hall–Kier alpha value is -2.12. The highest BCUT2D eigenvalue weighted by Crippen LogP contribution is 2.35. The van der Waals surface area contributed by atoms with E-state index in [1.165, 1.54) is 19.2 Å². The highest BCUT2D eigenvalue weighted by atomic mass is 35.5. The lowest BCUT2D eigenvalue weighted by Gasteiger charge is -2.12. The Morgan fingerprint density at radius 3 is 2.54 bits per heavy atom. The second kappa shape index (κ2) is 7.19. The average molecular weight is 374 g/mol. The van der Waals surface area contributed by atoms with Crippen LogP contribution in [0.3, 0.4) is 0 Å². The second-order valence-electron chi connectivity index (χ2n) is 4.99. The Bertz CT molecular complexity index is 800. The van der Waals surface area contributed by atoms with Crippen molar-refractivity contribution in [2.75, 3.05) is 12.8 Å². The van der Waals surface area contributed by atoms with Crippen LogP contribution in [0.25, 0.3) is 11.4 Å². The summed E-state index contributed by atoms with van der Waals surface area (Å²) in [5.41, 5.74) is 5.42. The standard InChI is InChI=1S/C15H14Cl2FN3O3/c1-6(2)24-15(22)11-9(17)13(19)21-14(20-11)7-4-5-8(16)12(23-3)10(7)18/h4-6H,1-3H3,(H2,19,20,21). The van der Waals surface area contributed by atoms with Crippen molar-refractivity contribution in [3.63, 3.8) is 0 Å². The highest BCUT2D eigenvalue weighted by molar-refractivity contribution is 6.35. The fourth-order valence-electron chi connectivity index (χ4n) is 1.88. The fourth-order valence-corrected chi connectivity index (χ4v) is 2.27.